The predicted molar refractivity (Wildman–Crippen MR) is 201 cm³/mol. The van der Waals surface area contributed by atoms with Gasteiger partial charge in [0.1, 0.15) is 6.61 Å². The van der Waals surface area contributed by atoms with Gasteiger partial charge in [-0.3, -0.25) is 9.36 Å². The number of carbonyl (C=O) groups is 1. The van der Waals surface area contributed by atoms with E-state index in [1.54, 1.807) is 30.4 Å². The number of esters is 1. The summed E-state index contributed by atoms with van der Waals surface area (Å²) in [5.74, 6) is 0.560. The van der Waals surface area contributed by atoms with Gasteiger partial charge in [0.15, 0.2) is 16.3 Å². The molecule has 0 radical (unpaired) electrons. The van der Waals surface area contributed by atoms with Gasteiger partial charge in [0.05, 0.1) is 35.6 Å². The number of aromatic nitrogens is 1. The molecule has 50 heavy (non-hydrogen) atoms. The van der Waals surface area contributed by atoms with Gasteiger partial charge in [-0.15, -0.1) is 11.8 Å². The van der Waals surface area contributed by atoms with E-state index in [0.29, 0.717) is 44.3 Å². The van der Waals surface area contributed by atoms with Crippen LogP contribution in [0.4, 0.5) is 0 Å². The number of thiazole rings is 1. The lowest BCUT2D eigenvalue weighted by Gasteiger charge is -2.26. The summed E-state index contributed by atoms with van der Waals surface area (Å²) < 4.78 is 19.9. The Morgan fingerprint density at radius 2 is 1.66 bits per heavy atom. The zero-order valence-corrected chi connectivity index (χ0v) is 29.4. The maximum absolute atomic E-state index is 14.5. The van der Waals surface area contributed by atoms with Crippen molar-refractivity contribution in [2.75, 3.05) is 20.0 Å². The summed E-state index contributed by atoms with van der Waals surface area (Å²) in [6.45, 7) is 2.26. The second-order valence-corrected chi connectivity index (χ2v) is 13.4. The Morgan fingerprint density at radius 3 is 2.42 bits per heavy atom. The second kappa shape index (κ2) is 14.6. The van der Waals surface area contributed by atoms with Crippen molar-refractivity contribution in [3.8, 4) is 11.5 Å². The Kier molecular flexibility index (Phi) is 9.69. The molecule has 1 atom stereocenters. The van der Waals surface area contributed by atoms with Gasteiger partial charge < -0.3 is 14.2 Å². The number of nitrogens with zero attached hydrogens (tertiary/aromatic N) is 2. The fourth-order valence-electron chi connectivity index (χ4n) is 6.21. The number of para-hydroxylation sites is 1. The highest BCUT2D eigenvalue weighted by molar-refractivity contribution is 7.98. The Bertz CT molecular complexity index is 2410. The van der Waals surface area contributed by atoms with Crippen LogP contribution in [0.3, 0.4) is 0 Å². The molecule has 0 unspecified atom stereocenters. The molecule has 1 aliphatic rings. The zero-order chi connectivity index (χ0) is 34.6. The summed E-state index contributed by atoms with van der Waals surface area (Å²) in [4.78, 5) is 34.8. The molecule has 250 valence electrons. The molecular formula is C41H34N2O5S2. The van der Waals surface area contributed by atoms with Gasteiger partial charge in [-0.25, -0.2) is 9.79 Å². The largest absolute Gasteiger partial charge is 0.493 e. The molecule has 0 spiro atoms. The number of carbonyl (C=O) groups excluding carboxylic acids is 1. The van der Waals surface area contributed by atoms with E-state index in [0.717, 1.165) is 32.4 Å². The number of benzene rings is 5. The van der Waals surface area contributed by atoms with E-state index >= 15 is 0 Å². The number of hydrogen-bond donors (Lipinski definition) is 0. The van der Waals surface area contributed by atoms with Gasteiger partial charge in [-0.05, 0) is 59.4 Å². The van der Waals surface area contributed by atoms with Crippen LogP contribution in [0.1, 0.15) is 35.2 Å². The van der Waals surface area contributed by atoms with Crippen LogP contribution in [0, 0.1) is 0 Å². The van der Waals surface area contributed by atoms with Crippen molar-refractivity contribution < 1.29 is 19.0 Å². The second-order valence-electron chi connectivity index (χ2n) is 11.5. The van der Waals surface area contributed by atoms with Gasteiger partial charge in [0, 0.05) is 16.0 Å². The lowest BCUT2D eigenvalue weighted by molar-refractivity contribution is -0.138. The molecule has 1 aromatic heterocycles. The van der Waals surface area contributed by atoms with Crippen LogP contribution in [0.15, 0.2) is 136 Å². The fourth-order valence-corrected chi connectivity index (χ4v) is 7.61. The SMILES string of the molecule is CCOC(=O)C1=C(c2ccccc2)N=c2s/c(=C\c3cccc(OC)c3OCc3cccc4ccccc34)c(=O)n2[C@H]1c1ccc(SC)cc1. The highest BCUT2D eigenvalue weighted by Gasteiger charge is 2.35. The summed E-state index contributed by atoms with van der Waals surface area (Å²) >= 11 is 2.89. The predicted octanol–water partition coefficient (Wildman–Crippen LogP) is 7.40. The monoisotopic (exact) mass is 698 g/mol. The van der Waals surface area contributed by atoms with Crippen molar-refractivity contribution in [1.29, 1.82) is 0 Å². The summed E-state index contributed by atoms with van der Waals surface area (Å²) in [5, 5.41) is 2.24. The minimum Gasteiger partial charge on any atom is -0.493 e. The van der Waals surface area contributed by atoms with Gasteiger partial charge in [-0.1, -0.05) is 108 Å². The van der Waals surface area contributed by atoms with Crippen molar-refractivity contribution in [3.63, 3.8) is 0 Å². The Balaban J connectivity index is 1.39. The van der Waals surface area contributed by atoms with E-state index in [1.807, 2.05) is 109 Å². The molecule has 0 bridgehead atoms. The normalized spacial score (nSPS) is 14.3. The van der Waals surface area contributed by atoms with E-state index < -0.39 is 12.0 Å². The van der Waals surface area contributed by atoms with Crippen LogP contribution in [0.5, 0.6) is 11.5 Å². The average Bonchev–Trinajstić information content (AvgIpc) is 3.47. The van der Waals surface area contributed by atoms with Gasteiger partial charge in [-0.2, -0.15) is 0 Å². The number of thioether (sulfide) groups is 1. The van der Waals surface area contributed by atoms with E-state index in [2.05, 4.69) is 18.2 Å². The third kappa shape index (κ3) is 6.37. The first-order valence-electron chi connectivity index (χ1n) is 16.2. The minimum atomic E-state index is -0.758. The standard InChI is InChI=1S/C41H34N2O5S2/c1-4-47-40(45)35-36(27-13-6-5-7-14-27)42-41-43(37(35)28-20-22-31(49-3)23-21-28)39(44)34(50-41)24-29-16-11-19-33(46-2)38(29)48-25-30-17-10-15-26-12-8-9-18-32(26)30/h5-24,37H,4,25H2,1-3H3/b34-24-/t37-/m0/s1. The topological polar surface area (TPSA) is 79.1 Å². The number of methoxy groups -OCH3 is 1. The third-order valence-corrected chi connectivity index (χ3v) is 10.3. The molecule has 0 fully saturated rings. The molecule has 9 heteroatoms. The van der Waals surface area contributed by atoms with Crippen molar-refractivity contribution in [2.24, 2.45) is 4.99 Å². The van der Waals surface area contributed by atoms with Crippen molar-refractivity contribution >= 4 is 51.6 Å². The Morgan fingerprint density at radius 1 is 0.920 bits per heavy atom. The molecule has 7 nitrogen and oxygen atoms in total. The lowest BCUT2D eigenvalue weighted by Crippen LogP contribution is -2.40. The molecule has 5 aromatic carbocycles. The lowest BCUT2D eigenvalue weighted by atomic mass is 9.93. The Hall–Kier alpha value is -5.38. The summed E-state index contributed by atoms with van der Waals surface area (Å²) in [5.41, 5.74) is 3.78. The van der Waals surface area contributed by atoms with Crippen LogP contribution < -0.4 is 24.4 Å². The maximum Gasteiger partial charge on any atom is 0.338 e. The molecule has 0 aliphatic carbocycles. The summed E-state index contributed by atoms with van der Waals surface area (Å²) in [6.07, 6.45) is 3.82. The van der Waals surface area contributed by atoms with E-state index in [1.165, 1.54) is 11.3 Å². The number of rotatable bonds is 10. The molecule has 0 amide bonds. The Labute approximate surface area is 297 Å². The van der Waals surface area contributed by atoms with Crippen molar-refractivity contribution in [2.45, 2.75) is 24.5 Å². The van der Waals surface area contributed by atoms with Crippen LogP contribution in [-0.4, -0.2) is 30.5 Å². The maximum atomic E-state index is 14.5. The summed E-state index contributed by atoms with van der Waals surface area (Å²) in [7, 11) is 1.60. The van der Waals surface area contributed by atoms with Gasteiger partial charge in [0.2, 0.25) is 0 Å². The molecule has 0 saturated carbocycles. The van der Waals surface area contributed by atoms with E-state index in [9.17, 15) is 9.59 Å². The van der Waals surface area contributed by atoms with E-state index in [4.69, 9.17) is 19.2 Å². The fraction of sp³-hybridized carbons (Fsp3) is 0.146. The van der Waals surface area contributed by atoms with Gasteiger partial charge in [0.25, 0.3) is 5.56 Å². The van der Waals surface area contributed by atoms with Gasteiger partial charge >= 0.3 is 5.97 Å². The van der Waals surface area contributed by atoms with Crippen LogP contribution in [0.2, 0.25) is 0 Å². The van der Waals surface area contributed by atoms with Crippen molar-refractivity contribution in [3.05, 3.63) is 163 Å². The first kappa shape index (κ1) is 33.1. The molecule has 7 rings (SSSR count). The molecule has 6 aromatic rings. The molecule has 0 saturated heterocycles. The molecule has 0 N–H and O–H groups in total. The first-order chi connectivity index (χ1) is 24.5. The smallest absolute Gasteiger partial charge is 0.338 e. The third-order valence-electron chi connectivity index (χ3n) is 8.57. The van der Waals surface area contributed by atoms with Crippen molar-refractivity contribution in [1.82, 2.24) is 4.57 Å². The first-order valence-corrected chi connectivity index (χ1v) is 18.2. The number of ether oxygens (including phenoxy) is 3. The molecule has 2 heterocycles. The highest BCUT2D eigenvalue weighted by atomic mass is 32.2. The van der Waals surface area contributed by atoms with Crippen LogP contribution >= 0.6 is 23.1 Å². The highest BCUT2D eigenvalue weighted by Crippen LogP contribution is 2.36. The minimum absolute atomic E-state index is 0.185. The average molecular weight is 699 g/mol. The number of fused-ring (bicyclic) bond motifs is 2. The number of hydrogen-bond acceptors (Lipinski definition) is 8. The summed E-state index contributed by atoms with van der Waals surface area (Å²) in [6, 6.07) is 36.6. The van der Waals surface area contributed by atoms with E-state index in [-0.39, 0.29) is 12.2 Å². The van der Waals surface area contributed by atoms with Crippen LogP contribution in [0.25, 0.3) is 22.5 Å². The van der Waals surface area contributed by atoms with Crippen LogP contribution in [-0.2, 0) is 16.1 Å². The zero-order valence-electron chi connectivity index (χ0n) is 27.8. The quantitative estimate of drug-likeness (QED) is 0.110. The molecule has 1 aliphatic heterocycles. The molecular weight excluding hydrogens is 665 g/mol.